The number of likely N-dealkylation sites (N-methyl/N-ethyl adjacent to an activating group) is 1. The molecule has 24 heavy (non-hydrogen) atoms. The highest BCUT2D eigenvalue weighted by molar-refractivity contribution is 5.89. The molecule has 5 nitrogen and oxygen atoms in total. The van der Waals surface area contributed by atoms with Gasteiger partial charge in [-0.05, 0) is 31.6 Å². The van der Waals surface area contributed by atoms with Crippen molar-refractivity contribution in [2.75, 3.05) is 46.3 Å². The molecule has 1 N–H and O–H groups in total. The van der Waals surface area contributed by atoms with E-state index >= 15 is 0 Å². The quantitative estimate of drug-likeness (QED) is 0.817. The smallest absolute Gasteiger partial charge is 0.224 e. The second-order valence-electron chi connectivity index (χ2n) is 6.81. The first-order valence-electron chi connectivity index (χ1n) is 8.84. The topological polar surface area (TPSA) is 40.5 Å². The fraction of sp³-hybridized carbons (Fsp3) is 0.526. The number of benzene rings is 1. The number of nitrogens with zero attached hydrogens (tertiary/aromatic N) is 3. The van der Waals surface area contributed by atoms with Gasteiger partial charge in [-0.25, -0.2) is 0 Å². The van der Waals surface area contributed by atoms with Crippen molar-refractivity contribution in [1.29, 1.82) is 0 Å². The Balaban J connectivity index is 1.42. The van der Waals surface area contributed by atoms with Crippen molar-refractivity contribution in [3.8, 4) is 0 Å². The normalized spacial score (nSPS) is 16.6. The number of carbonyl (C=O) groups is 1. The first-order valence-corrected chi connectivity index (χ1v) is 8.84. The lowest BCUT2D eigenvalue weighted by molar-refractivity contribution is -0.120. The van der Waals surface area contributed by atoms with Crippen molar-refractivity contribution in [2.45, 2.75) is 12.8 Å². The summed E-state index contributed by atoms with van der Waals surface area (Å²) in [5.74, 6) is 0.115. The Morgan fingerprint density at radius 2 is 1.88 bits per heavy atom. The Morgan fingerprint density at radius 1 is 1.12 bits per heavy atom. The summed E-state index contributed by atoms with van der Waals surface area (Å²) in [6, 6.07) is 8.24. The number of aryl methyl sites for hydroxylation is 1. The van der Waals surface area contributed by atoms with Gasteiger partial charge in [0.2, 0.25) is 5.91 Å². The van der Waals surface area contributed by atoms with Crippen LogP contribution < -0.4 is 5.32 Å². The molecule has 0 bridgehead atoms. The lowest BCUT2D eigenvalue weighted by Crippen LogP contribution is -2.45. The lowest BCUT2D eigenvalue weighted by Gasteiger charge is -2.32. The second kappa shape index (κ2) is 7.81. The van der Waals surface area contributed by atoms with Crippen molar-refractivity contribution >= 4 is 16.8 Å². The Hall–Kier alpha value is -1.85. The molecule has 1 fully saturated rings. The molecule has 0 spiro atoms. The first kappa shape index (κ1) is 17.0. The SMILES string of the molecule is CN1CCN(CCCNC(=O)Cc2cn(C)c3ccccc23)CC1. The monoisotopic (exact) mass is 328 g/mol. The van der Waals surface area contributed by atoms with Crippen LogP contribution in [0.1, 0.15) is 12.0 Å². The summed E-state index contributed by atoms with van der Waals surface area (Å²) in [5.41, 5.74) is 2.28. The summed E-state index contributed by atoms with van der Waals surface area (Å²) in [5, 5.41) is 4.24. The molecule has 0 aliphatic carbocycles. The van der Waals surface area contributed by atoms with Gasteiger partial charge in [-0.15, -0.1) is 0 Å². The molecule has 130 valence electrons. The third kappa shape index (κ3) is 4.16. The third-order valence-corrected chi connectivity index (χ3v) is 4.90. The molecular formula is C19H28N4O. The molecule has 0 unspecified atom stereocenters. The largest absolute Gasteiger partial charge is 0.356 e. The number of hydrogen-bond acceptors (Lipinski definition) is 3. The average molecular weight is 328 g/mol. The third-order valence-electron chi connectivity index (χ3n) is 4.90. The summed E-state index contributed by atoms with van der Waals surface area (Å²) in [6.07, 6.45) is 3.54. The zero-order valence-corrected chi connectivity index (χ0v) is 14.8. The number of fused-ring (bicyclic) bond motifs is 1. The Kier molecular flexibility index (Phi) is 5.53. The van der Waals surface area contributed by atoms with Crippen LogP contribution in [0.3, 0.4) is 0 Å². The number of hydrogen-bond donors (Lipinski definition) is 1. The van der Waals surface area contributed by atoms with E-state index in [-0.39, 0.29) is 5.91 Å². The van der Waals surface area contributed by atoms with Crippen molar-refractivity contribution in [3.63, 3.8) is 0 Å². The van der Waals surface area contributed by atoms with Gasteiger partial charge in [0.1, 0.15) is 0 Å². The molecule has 1 amide bonds. The molecule has 3 rings (SSSR count). The molecule has 1 aromatic heterocycles. The van der Waals surface area contributed by atoms with Crippen LogP contribution in [0.25, 0.3) is 10.9 Å². The van der Waals surface area contributed by atoms with Crippen LogP contribution in [-0.2, 0) is 18.3 Å². The average Bonchev–Trinajstić information content (AvgIpc) is 2.90. The Morgan fingerprint density at radius 3 is 2.67 bits per heavy atom. The molecule has 1 aliphatic rings. The fourth-order valence-corrected chi connectivity index (χ4v) is 3.40. The molecule has 0 atom stereocenters. The van der Waals surface area contributed by atoms with E-state index in [4.69, 9.17) is 0 Å². The summed E-state index contributed by atoms with van der Waals surface area (Å²) < 4.78 is 2.09. The van der Waals surface area contributed by atoms with E-state index in [9.17, 15) is 4.79 Å². The molecule has 0 saturated carbocycles. The fourth-order valence-electron chi connectivity index (χ4n) is 3.40. The van der Waals surface area contributed by atoms with Crippen molar-refractivity contribution in [2.24, 2.45) is 7.05 Å². The van der Waals surface area contributed by atoms with E-state index in [1.165, 1.54) is 10.9 Å². The first-order chi connectivity index (χ1) is 11.6. The van der Waals surface area contributed by atoms with Gasteiger partial charge in [0, 0.05) is 56.9 Å². The van der Waals surface area contributed by atoms with Gasteiger partial charge in [-0.1, -0.05) is 18.2 Å². The molecule has 5 heteroatoms. The molecule has 2 aromatic rings. The van der Waals surface area contributed by atoms with Gasteiger partial charge < -0.3 is 19.7 Å². The zero-order valence-electron chi connectivity index (χ0n) is 14.8. The van der Waals surface area contributed by atoms with E-state index in [0.29, 0.717) is 6.42 Å². The summed E-state index contributed by atoms with van der Waals surface area (Å²) >= 11 is 0. The number of aromatic nitrogens is 1. The number of para-hydroxylation sites is 1. The second-order valence-corrected chi connectivity index (χ2v) is 6.81. The maximum absolute atomic E-state index is 12.2. The van der Waals surface area contributed by atoms with E-state index in [1.807, 2.05) is 19.2 Å². The molecule has 0 radical (unpaired) electrons. The summed E-state index contributed by atoms with van der Waals surface area (Å²) in [4.78, 5) is 17.1. The van der Waals surface area contributed by atoms with Gasteiger partial charge >= 0.3 is 0 Å². The number of piperazine rings is 1. The Labute approximate surface area is 144 Å². The minimum atomic E-state index is 0.115. The minimum Gasteiger partial charge on any atom is -0.356 e. The predicted molar refractivity (Wildman–Crippen MR) is 98.2 cm³/mol. The molecule has 1 aromatic carbocycles. The van der Waals surface area contributed by atoms with Crippen LogP contribution in [0, 0.1) is 0 Å². The van der Waals surface area contributed by atoms with Gasteiger partial charge in [0.15, 0.2) is 0 Å². The van der Waals surface area contributed by atoms with Crippen molar-refractivity contribution in [1.82, 2.24) is 19.7 Å². The van der Waals surface area contributed by atoms with Crippen molar-refractivity contribution < 1.29 is 4.79 Å². The van der Waals surface area contributed by atoms with Crippen LogP contribution >= 0.6 is 0 Å². The van der Waals surface area contributed by atoms with E-state index in [1.54, 1.807) is 0 Å². The van der Waals surface area contributed by atoms with Gasteiger partial charge in [-0.3, -0.25) is 4.79 Å². The van der Waals surface area contributed by atoms with Crippen molar-refractivity contribution in [3.05, 3.63) is 36.0 Å². The van der Waals surface area contributed by atoms with Gasteiger partial charge in [-0.2, -0.15) is 0 Å². The summed E-state index contributed by atoms with van der Waals surface area (Å²) in [7, 11) is 4.20. The highest BCUT2D eigenvalue weighted by atomic mass is 16.1. The molecular weight excluding hydrogens is 300 g/mol. The highest BCUT2D eigenvalue weighted by Crippen LogP contribution is 2.20. The Bertz CT molecular complexity index is 686. The highest BCUT2D eigenvalue weighted by Gasteiger charge is 2.13. The zero-order chi connectivity index (χ0) is 16.9. The molecule has 2 heterocycles. The number of rotatable bonds is 6. The number of nitrogens with one attached hydrogen (secondary N) is 1. The lowest BCUT2D eigenvalue weighted by atomic mass is 10.1. The van der Waals surface area contributed by atoms with Crippen LogP contribution in [0.2, 0.25) is 0 Å². The summed E-state index contributed by atoms with van der Waals surface area (Å²) in [6.45, 7) is 6.40. The van der Waals surface area contributed by atoms with Crippen LogP contribution in [-0.4, -0.2) is 66.6 Å². The predicted octanol–water partition coefficient (Wildman–Crippen LogP) is 1.47. The maximum Gasteiger partial charge on any atom is 0.224 e. The minimum absolute atomic E-state index is 0.115. The number of carbonyl (C=O) groups excluding carboxylic acids is 1. The van der Waals surface area contributed by atoms with E-state index < -0.39 is 0 Å². The van der Waals surface area contributed by atoms with Crippen LogP contribution in [0.15, 0.2) is 30.5 Å². The maximum atomic E-state index is 12.2. The van der Waals surface area contributed by atoms with Gasteiger partial charge in [0.25, 0.3) is 0 Å². The number of amides is 1. The van der Waals surface area contributed by atoms with Gasteiger partial charge in [0.05, 0.1) is 6.42 Å². The molecule has 1 saturated heterocycles. The van der Waals surface area contributed by atoms with E-state index in [2.05, 4.69) is 45.1 Å². The molecule has 1 aliphatic heterocycles. The van der Waals surface area contributed by atoms with E-state index in [0.717, 1.165) is 51.3 Å². The standard InChI is InChI=1S/C19H28N4O/c1-21-10-12-23(13-11-21)9-5-8-20-19(24)14-16-15-22(2)18-7-4-3-6-17(16)18/h3-4,6-7,15H,5,8-14H2,1-2H3,(H,20,24). The van der Waals surface area contributed by atoms with Crippen LogP contribution in [0.4, 0.5) is 0 Å². The van der Waals surface area contributed by atoms with Crippen LogP contribution in [0.5, 0.6) is 0 Å².